The zero-order valence-corrected chi connectivity index (χ0v) is 14.9. The normalized spacial score (nSPS) is 20.6. The van der Waals surface area contributed by atoms with Gasteiger partial charge < -0.3 is 9.80 Å². The van der Waals surface area contributed by atoms with Crippen molar-refractivity contribution in [2.75, 3.05) is 24.5 Å². The molecule has 1 saturated carbocycles. The quantitative estimate of drug-likeness (QED) is 0.864. The van der Waals surface area contributed by atoms with Gasteiger partial charge in [-0.15, -0.1) is 0 Å². The summed E-state index contributed by atoms with van der Waals surface area (Å²) in [4.78, 5) is 25.9. The number of piperazine rings is 1. The molecule has 1 aliphatic heterocycles. The largest absolute Gasteiger partial charge is 0.367 e. The summed E-state index contributed by atoms with van der Waals surface area (Å²) >= 11 is 0. The Hall–Kier alpha value is -2.43. The van der Waals surface area contributed by atoms with Gasteiger partial charge in [0, 0.05) is 49.7 Å². The Bertz CT molecular complexity index is 770. The number of para-hydroxylation sites is 1. The lowest BCUT2D eigenvalue weighted by molar-refractivity contribution is 0.0673. The van der Waals surface area contributed by atoms with Crippen molar-refractivity contribution in [3.8, 4) is 0 Å². The zero-order valence-electron chi connectivity index (χ0n) is 14.9. The third-order valence-corrected chi connectivity index (χ3v) is 5.21. The van der Waals surface area contributed by atoms with Crippen molar-refractivity contribution in [1.29, 1.82) is 0 Å². The Kier molecular flexibility index (Phi) is 4.15. The molecule has 0 unspecified atom stereocenters. The van der Waals surface area contributed by atoms with Crippen LogP contribution in [-0.2, 0) is 0 Å². The molecule has 5 heteroatoms. The van der Waals surface area contributed by atoms with Gasteiger partial charge in [-0.1, -0.05) is 18.2 Å². The molecule has 0 bridgehead atoms. The number of amides is 1. The van der Waals surface area contributed by atoms with E-state index in [0.29, 0.717) is 11.5 Å². The summed E-state index contributed by atoms with van der Waals surface area (Å²) in [5.41, 5.74) is 3.14. The second-order valence-electron chi connectivity index (χ2n) is 7.18. The fourth-order valence-corrected chi connectivity index (χ4v) is 3.56. The lowest BCUT2D eigenvalue weighted by Crippen LogP contribution is -2.54. The van der Waals surface area contributed by atoms with Crippen molar-refractivity contribution in [3.05, 3.63) is 53.6 Å². The highest BCUT2D eigenvalue weighted by Crippen LogP contribution is 2.37. The fourth-order valence-electron chi connectivity index (χ4n) is 3.56. The summed E-state index contributed by atoms with van der Waals surface area (Å²) in [7, 11) is 0. The molecule has 2 heterocycles. The predicted molar refractivity (Wildman–Crippen MR) is 97.9 cm³/mol. The van der Waals surface area contributed by atoms with Crippen LogP contribution >= 0.6 is 0 Å². The number of hydrogen-bond acceptors (Lipinski definition) is 4. The average Bonchev–Trinajstić information content (AvgIpc) is 3.47. The molecular weight excluding hydrogens is 312 g/mol. The molecule has 5 nitrogen and oxygen atoms in total. The maximum absolute atomic E-state index is 12.8. The van der Waals surface area contributed by atoms with E-state index in [1.54, 1.807) is 12.4 Å². The van der Waals surface area contributed by atoms with Gasteiger partial charge in [-0.3, -0.25) is 4.79 Å². The molecular formula is C20H24N4O. The van der Waals surface area contributed by atoms with E-state index in [0.717, 1.165) is 25.5 Å². The van der Waals surface area contributed by atoms with Crippen molar-refractivity contribution < 1.29 is 4.79 Å². The number of benzene rings is 1. The highest BCUT2D eigenvalue weighted by atomic mass is 16.2. The van der Waals surface area contributed by atoms with Crippen LogP contribution in [0.5, 0.6) is 0 Å². The van der Waals surface area contributed by atoms with Crippen LogP contribution < -0.4 is 4.90 Å². The second-order valence-corrected chi connectivity index (χ2v) is 7.18. The number of aryl methyl sites for hydroxylation is 1. The summed E-state index contributed by atoms with van der Waals surface area (Å²) < 4.78 is 0. The molecule has 2 aromatic rings. The van der Waals surface area contributed by atoms with Crippen molar-refractivity contribution in [2.24, 2.45) is 0 Å². The van der Waals surface area contributed by atoms with E-state index in [4.69, 9.17) is 0 Å². The minimum Gasteiger partial charge on any atom is -0.367 e. The maximum Gasteiger partial charge on any atom is 0.257 e. The first-order valence-electron chi connectivity index (χ1n) is 9.07. The number of carbonyl (C=O) groups excluding carboxylic acids is 1. The van der Waals surface area contributed by atoms with Crippen LogP contribution in [0, 0.1) is 6.92 Å². The molecule has 2 aliphatic rings. The van der Waals surface area contributed by atoms with E-state index in [-0.39, 0.29) is 11.9 Å². The Morgan fingerprint density at radius 1 is 1.12 bits per heavy atom. The number of nitrogens with zero attached hydrogens (tertiary/aromatic N) is 4. The highest BCUT2D eigenvalue weighted by molar-refractivity contribution is 5.94. The summed E-state index contributed by atoms with van der Waals surface area (Å²) in [5.74, 6) is 1.44. The van der Waals surface area contributed by atoms with Gasteiger partial charge in [-0.05, 0) is 38.3 Å². The Balaban J connectivity index is 1.45. The van der Waals surface area contributed by atoms with Crippen molar-refractivity contribution in [3.63, 3.8) is 0 Å². The standard InChI is InChI=1S/C20H24N4O/c1-14-5-3-4-6-18(14)23-9-10-24(15(2)13-23)20(25)17-11-21-19(22-12-17)16-7-8-16/h3-6,11-12,15-16H,7-10,13H2,1-2H3/t15-/m1/s1. The molecule has 1 atom stereocenters. The first kappa shape index (κ1) is 16.1. The van der Waals surface area contributed by atoms with E-state index in [1.165, 1.54) is 24.1 Å². The Morgan fingerprint density at radius 2 is 1.84 bits per heavy atom. The molecule has 0 spiro atoms. The Labute approximate surface area is 148 Å². The lowest BCUT2D eigenvalue weighted by atomic mass is 10.1. The molecule has 4 rings (SSSR count). The molecule has 1 aliphatic carbocycles. The van der Waals surface area contributed by atoms with Crippen LogP contribution in [0.25, 0.3) is 0 Å². The van der Waals surface area contributed by atoms with E-state index < -0.39 is 0 Å². The van der Waals surface area contributed by atoms with Crippen LogP contribution in [0.1, 0.15) is 47.4 Å². The second kappa shape index (κ2) is 6.47. The molecule has 0 N–H and O–H groups in total. The SMILES string of the molecule is Cc1ccccc1N1CCN(C(=O)c2cnc(C3CC3)nc2)[C@H](C)C1. The van der Waals surface area contributed by atoms with Gasteiger partial charge in [0.15, 0.2) is 0 Å². The molecule has 25 heavy (non-hydrogen) atoms. The number of rotatable bonds is 3. The predicted octanol–water partition coefficient (Wildman–Crippen LogP) is 3.01. The summed E-state index contributed by atoms with van der Waals surface area (Å²) in [5, 5.41) is 0. The maximum atomic E-state index is 12.8. The van der Waals surface area contributed by atoms with Crippen LogP contribution in [0.2, 0.25) is 0 Å². The molecule has 1 amide bonds. The first-order valence-corrected chi connectivity index (χ1v) is 9.07. The number of anilines is 1. The monoisotopic (exact) mass is 336 g/mol. The summed E-state index contributed by atoms with van der Waals surface area (Å²) in [6.45, 7) is 6.66. The van der Waals surface area contributed by atoms with E-state index in [2.05, 4.69) is 53.0 Å². The van der Waals surface area contributed by atoms with Gasteiger partial charge in [0.05, 0.1) is 5.56 Å². The van der Waals surface area contributed by atoms with E-state index >= 15 is 0 Å². The molecule has 2 fully saturated rings. The number of aromatic nitrogens is 2. The molecule has 1 aromatic heterocycles. The van der Waals surface area contributed by atoms with Crippen LogP contribution in [0.15, 0.2) is 36.7 Å². The topological polar surface area (TPSA) is 49.3 Å². The van der Waals surface area contributed by atoms with Gasteiger partial charge in [-0.25, -0.2) is 9.97 Å². The molecule has 1 aromatic carbocycles. The first-order chi connectivity index (χ1) is 12.1. The highest BCUT2D eigenvalue weighted by Gasteiger charge is 2.30. The van der Waals surface area contributed by atoms with Crippen LogP contribution in [-0.4, -0.2) is 46.5 Å². The minimum atomic E-state index is 0.0410. The van der Waals surface area contributed by atoms with Gasteiger partial charge in [-0.2, -0.15) is 0 Å². The molecule has 0 radical (unpaired) electrons. The third kappa shape index (κ3) is 3.23. The Morgan fingerprint density at radius 3 is 2.48 bits per heavy atom. The minimum absolute atomic E-state index is 0.0410. The third-order valence-electron chi connectivity index (χ3n) is 5.21. The van der Waals surface area contributed by atoms with Crippen molar-refractivity contribution in [2.45, 2.75) is 38.6 Å². The molecule has 1 saturated heterocycles. The van der Waals surface area contributed by atoms with Gasteiger partial charge >= 0.3 is 0 Å². The van der Waals surface area contributed by atoms with Gasteiger partial charge in [0.1, 0.15) is 5.82 Å². The van der Waals surface area contributed by atoms with Crippen LogP contribution in [0.4, 0.5) is 5.69 Å². The van der Waals surface area contributed by atoms with E-state index in [9.17, 15) is 4.79 Å². The summed E-state index contributed by atoms with van der Waals surface area (Å²) in [6.07, 6.45) is 5.74. The lowest BCUT2D eigenvalue weighted by Gasteiger charge is -2.41. The van der Waals surface area contributed by atoms with Crippen LogP contribution in [0.3, 0.4) is 0 Å². The van der Waals surface area contributed by atoms with Crippen molar-refractivity contribution in [1.82, 2.24) is 14.9 Å². The molecule has 130 valence electrons. The summed E-state index contributed by atoms with van der Waals surface area (Å²) in [6, 6.07) is 8.58. The zero-order chi connectivity index (χ0) is 17.4. The smallest absolute Gasteiger partial charge is 0.257 e. The van der Waals surface area contributed by atoms with Crippen molar-refractivity contribution >= 4 is 11.6 Å². The number of hydrogen-bond donors (Lipinski definition) is 0. The van der Waals surface area contributed by atoms with E-state index in [1.807, 2.05) is 4.90 Å². The van der Waals surface area contributed by atoms with Gasteiger partial charge in [0.2, 0.25) is 0 Å². The van der Waals surface area contributed by atoms with Gasteiger partial charge in [0.25, 0.3) is 5.91 Å². The fraction of sp³-hybridized carbons (Fsp3) is 0.450. The average molecular weight is 336 g/mol. The number of carbonyl (C=O) groups is 1.